The molecule has 0 unspecified atom stereocenters. The molecule has 1 aliphatic rings. The minimum atomic E-state index is -0.0738. The summed E-state index contributed by atoms with van der Waals surface area (Å²) in [7, 11) is 1.58. The van der Waals surface area contributed by atoms with Crippen LogP contribution >= 0.6 is 0 Å². The molecule has 7 nitrogen and oxygen atoms in total. The number of amides is 1. The number of nitrogens with zero attached hydrogens (tertiary/aromatic N) is 4. The van der Waals surface area contributed by atoms with Crippen molar-refractivity contribution in [3.63, 3.8) is 0 Å². The highest BCUT2D eigenvalue weighted by molar-refractivity contribution is 5.91. The van der Waals surface area contributed by atoms with Crippen molar-refractivity contribution in [2.24, 2.45) is 0 Å². The Morgan fingerprint density at radius 1 is 1.24 bits per heavy atom. The minimum Gasteiger partial charge on any atom is -0.494 e. The van der Waals surface area contributed by atoms with Crippen LogP contribution < -0.4 is 9.64 Å². The van der Waals surface area contributed by atoms with Gasteiger partial charge in [0.05, 0.1) is 25.8 Å². The maximum absolute atomic E-state index is 12.2. The molecule has 1 saturated heterocycles. The first-order valence-corrected chi connectivity index (χ1v) is 6.71. The van der Waals surface area contributed by atoms with Crippen molar-refractivity contribution in [3.8, 4) is 5.75 Å². The number of anilines is 1. The van der Waals surface area contributed by atoms with E-state index in [1.165, 1.54) is 6.26 Å². The summed E-state index contributed by atoms with van der Waals surface area (Å²) in [5.41, 5.74) is 0. The first-order chi connectivity index (χ1) is 10.3. The lowest BCUT2D eigenvalue weighted by Gasteiger charge is -2.34. The van der Waals surface area contributed by atoms with Crippen LogP contribution in [-0.2, 0) is 0 Å². The first kappa shape index (κ1) is 13.4. The van der Waals surface area contributed by atoms with E-state index in [0.29, 0.717) is 43.6 Å². The van der Waals surface area contributed by atoms with Crippen LogP contribution in [-0.4, -0.2) is 54.1 Å². The molecule has 0 aliphatic carbocycles. The molecular formula is C14H16N4O3. The predicted octanol–water partition coefficient (Wildman–Crippen LogP) is 1.04. The van der Waals surface area contributed by atoms with Gasteiger partial charge in [0.1, 0.15) is 0 Å². The molecule has 0 atom stereocenters. The topological polar surface area (TPSA) is 71.7 Å². The van der Waals surface area contributed by atoms with Crippen molar-refractivity contribution < 1.29 is 13.9 Å². The summed E-state index contributed by atoms with van der Waals surface area (Å²) in [6.45, 7) is 2.63. The lowest BCUT2D eigenvalue weighted by atomic mass is 10.3. The van der Waals surface area contributed by atoms with Gasteiger partial charge < -0.3 is 19.0 Å². The molecule has 0 bridgehead atoms. The fraction of sp³-hybridized carbons (Fsp3) is 0.357. The molecule has 0 aromatic carbocycles. The lowest BCUT2D eigenvalue weighted by Crippen LogP contribution is -2.49. The number of ether oxygens (including phenoxy) is 1. The molecular weight excluding hydrogens is 272 g/mol. The quantitative estimate of drug-likeness (QED) is 0.840. The molecule has 2 aromatic heterocycles. The van der Waals surface area contributed by atoms with E-state index >= 15 is 0 Å². The average Bonchev–Trinajstić information content (AvgIpc) is 3.09. The smallest absolute Gasteiger partial charge is 0.289 e. The molecule has 0 radical (unpaired) electrons. The van der Waals surface area contributed by atoms with Crippen molar-refractivity contribution in [1.82, 2.24) is 14.9 Å². The van der Waals surface area contributed by atoms with Gasteiger partial charge in [-0.05, 0) is 12.1 Å². The molecule has 1 amide bonds. The average molecular weight is 288 g/mol. The van der Waals surface area contributed by atoms with Gasteiger partial charge >= 0.3 is 0 Å². The summed E-state index contributed by atoms with van der Waals surface area (Å²) in [4.78, 5) is 24.5. The number of carbonyl (C=O) groups is 1. The Morgan fingerprint density at radius 2 is 1.95 bits per heavy atom. The van der Waals surface area contributed by atoms with Crippen LogP contribution in [0.15, 0.2) is 35.2 Å². The lowest BCUT2D eigenvalue weighted by molar-refractivity contribution is 0.0714. The van der Waals surface area contributed by atoms with Crippen molar-refractivity contribution in [3.05, 3.63) is 36.5 Å². The number of hydrogen-bond acceptors (Lipinski definition) is 6. The van der Waals surface area contributed by atoms with Gasteiger partial charge in [0.2, 0.25) is 5.95 Å². The van der Waals surface area contributed by atoms with E-state index in [0.717, 1.165) is 0 Å². The third kappa shape index (κ3) is 2.81. The highest BCUT2D eigenvalue weighted by Crippen LogP contribution is 2.15. The van der Waals surface area contributed by atoms with Gasteiger partial charge in [0, 0.05) is 26.2 Å². The van der Waals surface area contributed by atoms with Crippen molar-refractivity contribution in [2.45, 2.75) is 0 Å². The second-order valence-corrected chi connectivity index (χ2v) is 4.68. The fourth-order valence-electron chi connectivity index (χ4n) is 2.24. The Labute approximate surface area is 122 Å². The Kier molecular flexibility index (Phi) is 3.72. The number of hydrogen-bond donors (Lipinski definition) is 0. The van der Waals surface area contributed by atoms with Gasteiger partial charge in [0.15, 0.2) is 11.5 Å². The summed E-state index contributed by atoms with van der Waals surface area (Å²) in [5.74, 6) is 1.59. The van der Waals surface area contributed by atoms with Gasteiger partial charge in [-0.1, -0.05) is 0 Å². The van der Waals surface area contributed by atoms with Crippen LogP contribution in [0.1, 0.15) is 10.6 Å². The van der Waals surface area contributed by atoms with Gasteiger partial charge in [-0.15, -0.1) is 0 Å². The van der Waals surface area contributed by atoms with E-state index in [2.05, 4.69) is 9.97 Å². The molecule has 2 aromatic rings. The third-order valence-corrected chi connectivity index (χ3v) is 3.43. The summed E-state index contributed by atoms with van der Waals surface area (Å²) < 4.78 is 10.2. The number of carbonyl (C=O) groups excluding carboxylic acids is 1. The minimum absolute atomic E-state index is 0.0738. The SMILES string of the molecule is COc1cnc(N2CCN(C(=O)c3ccco3)CC2)nc1. The number of aromatic nitrogens is 2. The van der Waals surface area contributed by atoms with Crippen LogP contribution in [0, 0.1) is 0 Å². The zero-order valence-electron chi connectivity index (χ0n) is 11.7. The predicted molar refractivity (Wildman–Crippen MR) is 75.4 cm³/mol. The fourth-order valence-corrected chi connectivity index (χ4v) is 2.24. The number of rotatable bonds is 3. The Morgan fingerprint density at radius 3 is 2.52 bits per heavy atom. The van der Waals surface area contributed by atoms with E-state index < -0.39 is 0 Å². The largest absolute Gasteiger partial charge is 0.494 e. The van der Waals surface area contributed by atoms with Crippen LogP contribution in [0.25, 0.3) is 0 Å². The van der Waals surface area contributed by atoms with E-state index in [4.69, 9.17) is 9.15 Å². The monoisotopic (exact) mass is 288 g/mol. The molecule has 0 spiro atoms. The second-order valence-electron chi connectivity index (χ2n) is 4.68. The van der Waals surface area contributed by atoms with Crippen LogP contribution in [0.3, 0.4) is 0 Å². The Balaban J connectivity index is 1.60. The molecule has 0 N–H and O–H groups in total. The van der Waals surface area contributed by atoms with Crippen molar-refractivity contribution in [2.75, 3.05) is 38.2 Å². The van der Waals surface area contributed by atoms with E-state index in [1.54, 1.807) is 36.5 Å². The van der Waals surface area contributed by atoms with E-state index in [-0.39, 0.29) is 5.91 Å². The van der Waals surface area contributed by atoms with Crippen LogP contribution in [0.2, 0.25) is 0 Å². The zero-order valence-corrected chi connectivity index (χ0v) is 11.7. The summed E-state index contributed by atoms with van der Waals surface area (Å²) in [6.07, 6.45) is 4.79. The molecule has 110 valence electrons. The summed E-state index contributed by atoms with van der Waals surface area (Å²) in [5, 5.41) is 0. The summed E-state index contributed by atoms with van der Waals surface area (Å²) >= 11 is 0. The standard InChI is InChI=1S/C14H16N4O3/c1-20-11-9-15-14(16-10-11)18-6-4-17(5-7-18)13(19)12-3-2-8-21-12/h2-3,8-10H,4-7H2,1H3. The van der Waals surface area contributed by atoms with Gasteiger partial charge in [-0.25, -0.2) is 9.97 Å². The maximum atomic E-state index is 12.2. The molecule has 0 saturated carbocycles. The van der Waals surface area contributed by atoms with Crippen LogP contribution in [0.4, 0.5) is 5.95 Å². The Hall–Kier alpha value is -2.57. The van der Waals surface area contributed by atoms with Gasteiger partial charge in [-0.2, -0.15) is 0 Å². The Bertz CT molecular complexity index is 589. The number of piperazine rings is 1. The maximum Gasteiger partial charge on any atom is 0.289 e. The third-order valence-electron chi connectivity index (χ3n) is 3.43. The van der Waals surface area contributed by atoms with E-state index in [9.17, 15) is 4.79 Å². The highest BCUT2D eigenvalue weighted by Gasteiger charge is 2.24. The zero-order chi connectivity index (χ0) is 14.7. The van der Waals surface area contributed by atoms with Crippen molar-refractivity contribution in [1.29, 1.82) is 0 Å². The normalized spacial score (nSPS) is 15.1. The number of furan rings is 1. The van der Waals surface area contributed by atoms with Crippen LogP contribution in [0.5, 0.6) is 5.75 Å². The van der Waals surface area contributed by atoms with Gasteiger partial charge in [-0.3, -0.25) is 4.79 Å². The summed E-state index contributed by atoms with van der Waals surface area (Å²) in [6, 6.07) is 3.40. The molecule has 1 aliphatic heterocycles. The molecule has 3 heterocycles. The first-order valence-electron chi connectivity index (χ1n) is 6.71. The molecule has 7 heteroatoms. The van der Waals surface area contributed by atoms with Crippen molar-refractivity contribution >= 4 is 11.9 Å². The highest BCUT2D eigenvalue weighted by atomic mass is 16.5. The molecule has 3 rings (SSSR count). The van der Waals surface area contributed by atoms with E-state index in [1.807, 2.05) is 4.90 Å². The second kappa shape index (κ2) is 5.82. The molecule has 1 fully saturated rings. The molecule has 21 heavy (non-hydrogen) atoms. The number of methoxy groups -OCH3 is 1. The van der Waals surface area contributed by atoms with Gasteiger partial charge in [0.25, 0.3) is 5.91 Å².